The topological polar surface area (TPSA) is 81.2 Å². The van der Waals surface area contributed by atoms with Gasteiger partial charge in [-0.25, -0.2) is 8.42 Å². The number of amides is 1. The molecule has 3 atom stereocenters. The summed E-state index contributed by atoms with van der Waals surface area (Å²) in [4.78, 5) is 16.8. The van der Waals surface area contributed by atoms with Gasteiger partial charge in [-0.05, 0) is 50.3 Å². The monoisotopic (exact) mass is 467 g/mol. The molecule has 0 saturated carbocycles. The third kappa shape index (κ3) is 4.42. The summed E-state index contributed by atoms with van der Waals surface area (Å²) in [7, 11) is 0.122. The zero-order valence-corrected chi connectivity index (χ0v) is 19.9. The quantitative estimate of drug-likeness (QED) is 0.670. The molecule has 4 rings (SSSR count). The van der Waals surface area contributed by atoms with Crippen molar-refractivity contribution in [1.29, 1.82) is 0 Å². The van der Waals surface area contributed by atoms with Crippen LogP contribution in [0.1, 0.15) is 22.6 Å². The van der Waals surface area contributed by atoms with E-state index in [2.05, 4.69) is 11.8 Å². The van der Waals surface area contributed by atoms with E-state index in [0.29, 0.717) is 12.1 Å². The fraction of sp³-hybridized carbons (Fsp3) is 0.400. The number of nitrogens with zero attached hydrogens (tertiary/aromatic N) is 3. The molecule has 0 radical (unpaired) electrons. The number of aryl methyl sites for hydroxylation is 1. The van der Waals surface area contributed by atoms with Crippen molar-refractivity contribution in [1.82, 2.24) is 14.1 Å². The summed E-state index contributed by atoms with van der Waals surface area (Å²) < 4.78 is 27.9. The maximum atomic E-state index is 13.3. The molecule has 1 N–H and O–H groups in total. The van der Waals surface area contributed by atoms with Gasteiger partial charge < -0.3 is 10.0 Å². The molecule has 174 valence electrons. The van der Waals surface area contributed by atoms with Gasteiger partial charge in [0.1, 0.15) is 0 Å². The molecule has 8 heteroatoms. The predicted octanol–water partition coefficient (Wildman–Crippen LogP) is 1.27. The molecule has 2 aromatic rings. The highest BCUT2D eigenvalue weighted by molar-refractivity contribution is 7.89. The van der Waals surface area contributed by atoms with Crippen molar-refractivity contribution in [3.63, 3.8) is 0 Å². The lowest BCUT2D eigenvalue weighted by molar-refractivity contribution is -0.158. The Balaban J connectivity index is 1.58. The molecule has 2 aliphatic rings. The molecule has 2 aliphatic heterocycles. The van der Waals surface area contributed by atoms with Crippen molar-refractivity contribution in [2.75, 3.05) is 40.3 Å². The molecule has 33 heavy (non-hydrogen) atoms. The SMILES string of the molecule is Cc1ccccc1S(=O)(=O)N1CC(=O)N2[C@@H](CO)[C@@H](c3ccc(C#CCN(C)C)cc3)[C@@H]2C1. The third-order valence-electron chi connectivity index (χ3n) is 6.36. The summed E-state index contributed by atoms with van der Waals surface area (Å²) in [6.07, 6.45) is 0. The highest BCUT2D eigenvalue weighted by Crippen LogP contribution is 2.43. The fourth-order valence-corrected chi connectivity index (χ4v) is 6.36. The number of hydrogen-bond acceptors (Lipinski definition) is 5. The Labute approximate surface area is 195 Å². The first-order valence-corrected chi connectivity index (χ1v) is 12.4. The summed E-state index contributed by atoms with van der Waals surface area (Å²) in [5.41, 5.74) is 2.51. The van der Waals surface area contributed by atoms with Gasteiger partial charge in [-0.15, -0.1) is 0 Å². The second-order valence-corrected chi connectivity index (χ2v) is 10.8. The molecule has 0 aliphatic carbocycles. The van der Waals surface area contributed by atoms with Crippen molar-refractivity contribution in [3.05, 3.63) is 65.2 Å². The van der Waals surface area contributed by atoms with Crippen molar-refractivity contribution >= 4 is 15.9 Å². The molecular weight excluding hydrogens is 438 g/mol. The number of benzene rings is 2. The first-order chi connectivity index (χ1) is 15.7. The molecule has 1 amide bonds. The second-order valence-electron chi connectivity index (χ2n) is 8.87. The highest BCUT2D eigenvalue weighted by atomic mass is 32.2. The number of sulfonamides is 1. The maximum absolute atomic E-state index is 13.3. The Hall–Kier alpha value is -2.70. The smallest absolute Gasteiger partial charge is 0.243 e. The lowest BCUT2D eigenvalue weighted by atomic mass is 9.74. The minimum Gasteiger partial charge on any atom is -0.394 e. The van der Waals surface area contributed by atoms with Crippen LogP contribution in [0.5, 0.6) is 0 Å². The lowest BCUT2D eigenvalue weighted by Gasteiger charge is -2.58. The number of fused-ring (bicyclic) bond motifs is 1. The van der Waals surface area contributed by atoms with Crippen LogP contribution in [0.2, 0.25) is 0 Å². The van der Waals surface area contributed by atoms with E-state index >= 15 is 0 Å². The number of hydrogen-bond donors (Lipinski definition) is 1. The second kappa shape index (κ2) is 9.27. The van der Waals surface area contributed by atoms with Gasteiger partial charge in [0.15, 0.2) is 0 Å². The molecule has 0 spiro atoms. The minimum atomic E-state index is -3.80. The van der Waals surface area contributed by atoms with E-state index in [1.165, 1.54) is 4.31 Å². The van der Waals surface area contributed by atoms with Crippen molar-refractivity contribution < 1.29 is 18.3 Å². The number of carbonyl (C=O) groups excluding carboxylic acids is 1. The molecule has 2 aromatic carbocycles. The van der Waals surface area contributed by atoms with Gasteiger partial charge in [-0.2, -0.15) is 4.31 Å². The average Bonchev–Trinajstić information content (AvgIpc) is 2.76. The Bertz CT molecular complexity index is 1200. The molecule has 0 aromatic heterocycles. The van der Waals surface area contributed by atoms with Crippen LogP contribution in [0.15, 0.2) is 53.4 Å². The van der Waals surface area contributed by atoms with Crippen LogP contribution in [-0.4, -0.2) is 86.0 Å². The summed E-state index contributed by atoms with van der Waals surface area (Å²) in [5, 5.41) is 9.98. The predicted molar refractivity (Wildman–Crippen MR) is 126 cm³/mol. The van der Waals surface area contributed by atoms with Gasteiger partial charge >= 0.3 is 0 Å². The third-order valence-corrected chi connectivity index (χ3v) is 8.33. The zero-order valence-electron chi connectivity index (χ0n) is 19.1. The minimum absolute atomic E-state index is 0.141. The van der Waals surface area contributed by atoms with Crippen LogP contribution in [0.3, 0.4) is 0 Å². The molecule has 0 unspecified atom stereocenters. The molecular formula is C25H29N3O4S. The lowest BCUT2D eigenvalue weighted by Crippen LogP contribution is -2.73. The largest absolute Gasteiger partial charge is 0.394 e. The van der Waals surface area contributed by atoms with Gasteiger partial charge in [0, 0.05) is 18.0 Å². The van der Waals surface area contributed by atoms with Crippen molar-refractivity contribution in [2.45, 2.75) is 29.8 Å². The van der Waals surface area contributed by atoms with Crippen LogP contribution in [0, 0.1) is 18.8 Å². The Morgan fingerprint density at radius 2 is 1.82 bits per heavy atom. The summed E-state index contributed by atoms with van der Waals surface area (Å²) >= 11 is 0. The normalized spacial score (nSPS) is 23.0. The van der Waals surface area contributed by atoms with Crippen LogP contribution in [0.25, 0.3) is 0 Å². The highest BCUT2D eigenvalue weighted by Gasteiger charge is 2.55. The molecule has 7 nitrogen and oxygen atoms in total. The molecule has 2 saturated heterocycles. The average molecular weight is 468 g/mol. The van der Waals surface area contributed by atoms with E-state index < -0.39 is 10.0 Å². The first kappa shape index (κ1) is 23.5. The van der Waals surface area contributed by atoms with Gasteiger partial charge in [-0.1, -0.05) is 42.2 Å². The number of aliphatic hydroxyl groups excluding tert-OH is 1. The van der Waals surface area contributed by atoms with Gasteiger partial charge in [0.25, 0.3) is 0 Å². The van der Waals surface area contributed by atoms with Crippen molar-refractivity contribution in [2.24, 2.45) is 0 Å². The molecule has 0 bridgehead atoms. The van der Waals surface area contributed by atoms with Crippen LogP contribution in [-0.2, 0) is 14.8 Å². The fourth-order valence-electron chi connectivity index (χ4n) is 4.73. The van der Waals surface area contributed by atoms with E-state index in [1.54, 1.807) is 36.1 Å². The zero-order chi connectivity index (χ0) is 23.8. The number of aliphatic hydroxyl groups is 1. The number of piperazine rings is 1. The van der Waals surface area contributed by atoms with E-state index in [9.17, 15) is 18.3 Å². The summed E-state index contributed by atoms with van der Waals surface area (Å²) in [6.45, 7) is 2.25. The van der Waals surface area contributed by atoms with Crippen LogP contribution >= 0.6 is 0 Å². The van der Waals surface area contributed by atoms with Crippen molar-refractivity contribution in [3.8, 4) is 11.8 Å². The standard InChI is InChI=1S/C25H29N3O4S/c1-18-7-4-5-9-23(18)33(31,32)27-15-21-25(22(17-29)28(21)24(30)16-27)20-12-10-19(11-13-20)8-6-14-26(2)3/h4-5,7,9-13,21-22,25,29H,14-17H2,1-3H3/t21-,22-,25-/m0/s1. The first-order valence-electron chi connectivity index (χ1n) is 11.0. The van der Waals surface area contributed by atoms with E-state index in [0.717, 1.165) is 11.1 Å². The van der Waals surface area contributed by atoms with Crippen LogP contribution < -0.4 is 0 Å². The Kier molecular flexibility index (Phi) is 6.59. The number of rotatable bonds is 5. The van der Waals surface area contributed by atoms with Crippen LogP contribution in [0.4, 0.5) is 0 Å². The summed E-state index contributed by atoms with van der Waals surface area (Å²) in [6, 6.07) is 13.9. The molecule has 2 heterocycles. The van der Waals surface area contributed by atoms with Gasteiger partial charge in [0.05, 0.1) is 36.7 Å². The number of carbonyl (C=O) groups is 1. The van der Waals surface area contributed by atoms with E-state index in [4.69, 9.17) is 0 Å². The summed E-state index contributed by atoms with van der Waals surface area (Å²) in [5.74, 6) is 5.81. The van der Waals surface area contributed by atoms with Gasteiger partial charge in [0.2, 0.25) is 15.9 Å². The Morgan fingerprint density at radius 1 is 1.12 bits per heavy atom. The Morgan fingerprint density at radius 3 is 2.45 bits per heavy atom. The maximum Gasteiger partial charge on any atom is 0.243 e. The van der Waals surface area contributed by atoms with E-state index in [1.807, 2.05) is 43.3 Å². The van der Waals surface area contributed by atoms with E-state index in [-0.39, 0.29) is 48.5 Å². The molecule has 2 fully saturated rings. The van der Waals surface area contributed by atoms with Gasteiger partial charge in [-0.3, -0.25) is 9.69 Å².